The van der Waals surface area contributed by atoms with Crippen molar-refractivity contribution in [1.29, 1.82) is 0 Å². The van der Waals surface area contributed by atoms with Crippen LogP contribution in [0.3, 0.4) is 0 Å². The number of rotatable bonds is 4. The number of fused-ring (bicyclic) bond motifs is 1. The van der Waals surface area contributed by atoms with Crippen LogP contribution in [0.4, 0.5) is 0 Å². The molecule has 0 spiro atoms. The molecular weight excluding hydrogens is 246 g/mol. The molecule has 18 heavy (non-hydrogen) atoms. The molecule has 0 saturated carbocycles. The Morgan fingerprint density at radius 1 is 1.44 bits per heavy atom. The van der Waals surface area contributed by atoms with Gasteiger partial charge in [-0.25, -0.2) is 0 Å². The van der Waals surface area contributed by atoms with Gasteiger partial charge in [0.25, 0.3) is 5.91 Å². The first kappa shape index (κ1) is 13.4. The van der Waals surface area contributed by atoms with Gasteiger partial charge in [-0.3, -0.25) is 4.79 Å². The summed E-state index contributed by atoms with van der Waals surface area (Å²) in [7, 11) is 0. The Kier molecular flexibility index (Phi) is 4.28. The Morgan fingerprint density at radius 2 is 2.22 bits per heavy atom. The maximum Gasteiger partial charge on any atom is 0.251 e. The number of benzene rings is 1. The molecule has 1 aromatic carbocycles. The average Bonchev–Trinajstić information content (AvgIpc) is 2.38. The first-order valence-corrected chi connectivity index (χ1v) is 7.10. The van der Waals surface area contributed by atoms with Gasteiger partial charge in [-0.15, -0.1) is 11.6 Å². The minimum Gasteiger partial charge on any atom is -0.352 e. The van der Waals surface area contributed by atoms with Crippen LogP contribution in [0, 0.1) is 5.92 Å². The molecule has 0 aromatic heterocycles. The van der Waals surface area contributed by atoms with Crippen molar-refractivity contribution in [2.24, 2.45) is 5.92 Å². The number of carbonyl (C=O) groups excluding carboxylic acids is 1. The SMILES string of the molecule is CCC(C)CC(Cl)c1ccc2c(c1)C(=O)NCC2. The third-order valence-corrected chi connectivity index (χ3v) is 4.16. The lowest BCUT2D eigenvalue weighted by atomic mass is 9.93. The number of alkyl halides is 1. The molecule has 1 N–H and O–H groups in total. The molecule has 2 unspecified atom stereocenters. The standard InChI is InChI=1S/C15H20ClNO/c1-3-10(2)8-14(16)12-5-4-11-6-7-17-15(18)13(11)9-12/h4-5,9-10,14H,3,6-8H2,1-2H3,(H,17,18). The zero-order valence-electron chi connectivity index (χ0n) is 11.0. The van der Waals surface area contributed by atoms with E-state index in [2.05, 4.69) is 31.3 Å². The van der Waals surface area contributed by atoms with Crippen LogP contribution in [-0.4, -0.2) is 12.5 Å². The number of amides is 1. The second-order valence-electron chi connectivity index (χ2n) is 5.14. The van der Waals surface area contributed by atoms with Gasteiger partial charge in [-0.1, -0.05) is 32.4 Å². The normalized spacial score (nSPS) is 17.8. The number of carbonyl (C=O) groups is 1. The first-order valence-electron chi connectivity index (χ1n) is 6.67. The summed E-state index contributed by atoms with van der Waals surface area (Å²) in [6.45, 7) is 5.12. The predicted molar refractivity (Wildman–Crippen MR) is 75.1 cm³/mol. The molecule has 1 amide bonds. The molecule has 0 radical (unpaired) electrons. The van der Waals surface area contributed by atoms with Crippen molar-refractivity contribution in [2.75, 3.05) is 6.54 Å². The van der Waals surface area contributed by atoms with E-state index in [0.29, 0.717) is 5.92 Å². The van der Waals surface area contributed by atoms with E-state index in [1.807, 2.05) is 6.07 Å². The van der Waals surface area contributed by atoms with Crippen LogP contribution >= 0.6 is 11.6 Å². The Balaban J connectivity index is 2.19. The fraction of sp³-hybridized carbons (Fsp3) is 0.533. The second-order valence-corrected chi connectivity index (χ2v) is 5.67. The van der Waals surface area contributed by atoms with Crippen LogP contribution in [0.5, 0.6) is 0 Å². The Bertz CT molecular complexity index is 444. The molecule has 0 bridgehead atoms. The minimum absolute atomic E-state index is 0.0000217. The molecule has 1 aromatic rings. The van der Waals surface area contributed by atoms with Crippen LogP contribution in [0.25, 0.3) is 0 Å². The molecule has 0 fully saturated rings. The predicted octanol–water partition coefficient (Wildman–Crippen LogP) is 3.69. The van der Waals surface area contributed by atoms with Gasteiger partial charge in [-0.2, -0.15) is 0 Å². The van der Waals surface area contributed by atoms with Gasteiger partial charge in [0.15, 0.2) is 0 Å². The van der Waals surface area contributed by atoms with Crippen molar-refractivity contribution in [3.05, 3.63) is 34.9 Å². The number of hydrogen-bond acceptors (Lipinski definition) is 1. The minimum atomic E-state index is -0.0000217. The highest BCUT2D eigenvalue weighted by atomic mass is 35.5. The van der Waals surface area contributed by atoms with Crippen molar-refractivity contribution in [3.8, 4) is 0 Å². The molecular formula is C15H20ClNO. The number of nitrogens with one attached hydrogen (secondary N) is 1. The summed E-state index contributed by atoms with van der Waals surface area (Å²) in [5, 5.41) is 2.87. The van der Waals surface area contributed by atoms with Crippen molar-refractivity contribution < 1.29 is 4.79 Å². The monoisotopic (exact) mass is 265 g/mol. The highest BCUT2D eigenvalue weighted by Crippen LogP contribution is 2.30. The van der Waals surface area contributed by atoms with Crippen LogP contribution < -0.4 is 5.32 Å². The van der Waals surface area contributed by atoms with Crippen LogP contribution in [-0.2, 0) is 6.42 Å². The molecule has 98 valence electrons. The largest absolute Gasteiger partial charge is 0.352 e. The summed E-state index contributed by atoms with van der Waals surface area (Å²) in [5.41, 5.74) is 3.00. The van der Waals surface area contributed by atoms with E-state index in [4.69, 9.17) is 11.6 Å². The maximum absolute atomic E-state index is 11.8. The van der Waals surface area contributed by atoms with E-state index >= 15 is 0 Å². The van der Waals surface area contributed by atoms with Crippen LogP contribution in [0.15, 0.2) is 18.2 Å². The van der Waals surface area contributed by atoms with Gasteiger partial charge in [0, 0.05) is 12.1 Å². The summed E-state index contributed by atoms with van der Waals surface area (Å²) < 4.78 is 0. The molecule has 1 aliphatic heterocycles. The van der Waals surface area contributed by atoms with Crippen LogP contribution in [0.2, 0.25) is 0 Å². The first-order chi connectivity index (χ1) is 8.61. The Morgan fingerprint density at radius 3 is 2.94 bits per heavy atom. The van der Waals surface area contributed by atoms with E-state index in [1.54, 1.807) is 0 Å². The fourth-order valence-electron chi connectivity index (χ4n) is 2.28. The zero-order chi connectivity index (χ0) is 13.1. The Hall–Kier alpha value is -1.02. The fourth-order valence-corrected chi connectivity index (χ4v) is 2.72. The summed E-state index contributed by atoms with van der Waals surface area (Å²) in [6, 6.07) is 6.08. The van der Waals surface area contributed by atoms with Gasteiger partial charge < -0.3 is 5.32 Å². The van der Waals surface area contributed by atoms with Gasteiger partial charge in [0.1, 0.15) is 0 Å². The third kappa shape index (κ3) is 2.86. The highest BCUT2D eigenvalue weighted by Gasteiger charge is 2.19. The average molecular weight is 266 g/mol. The van der Waals surface area contributed by atoms with E-state index < -0.39 is 0 Å². The van der Waals surface area contributed by atoms with Gasteiger partial charge >= 0.3 is 0 Å². The molecule has 3 heteroatoms. The molecule has 1 aliphatic rings. The third-order valence-electron chi connectivity index (χ3n) is 3.73. The lowest BCUT2D eigenvalue weighted by Gasteiger charge is -2.20. The van der Waals surface area contributed by atoms with Crippen molar-refractivity contribution in [2.45, 2.75) is 38.5 Å². The molecule has 2 rings (SSSR count). The Labute approximate surface area is 114 Å². The van der Waals surface area contributed by atoms with E-state index in [1.165, 1.54) is 0 Å². The molecule has 1 heterocycles. The second kappa shape index (κ2) is 5.75. The van der Waals surface area contributed by atoms with E-state index in [0.717, 1.165) is 42.5 Å². The zero-order valence-corrected chi connectivity index (χ0v) is 11.8. The quantitative estimate of drug-likeness (QED) is 0.827. The van der Waals surface area contributed by atoms with Gasteiger partial charge in [0.2, 0.25) is 0 Å². The summed E-state index contributed by atoms with van der Waals surface area (Å²) in [4.78, 5) is 11.8. The smallest absolute Gasteiger partial charge is 0.251 e. The topological polar surface area (TPSA) is 29.1 Å². The summed E-state index contributed by atoms with van der Waals surface area (Å²) in [5.74, 6) is 0.642. The van der Waals surface area contributed by atoms with Crippen molar-refractivity contribution in [3.63, 3.8) is 0 Å². The van der Waals surface area contributed by atoms with Gasteiger partial charge in [0.05, 0.1) is 5.38 Å². The van der Waals surface area contributed by atoms with Crippen LogP contribution in [0.1, 0.15) is 53.6 Å². The number of hydrogen-bond donors (Lipinski definition) is 1. The van der Waals surface area contributed by atoms with E-state index in [-0.39, 0.29) is 11.3 Å². The lowest BCUT2D eigenvalue weighted by Crippen LogP contribution is -2.31. The number of halogens is 1. The maximum atomic E-state index is 11.8. The lowest BCUT2D eigenvalue weighted by molar-refractivity contribution is 0.0946. The summed E-state index contributed by atoms with van der Waals surface area (Å²) in [6.07, 6.45) is 3.01. The summed E-state index contributed by atoms with van der Waals surface area (Å²) >= 11 is 6.44. The molecule has 2 atom stereocenters. The molecule has 0 saturated heterocycles. The van der Waals surface area contributed by atoms with Crippen molar-refractivity contribution in [1.82, 2.24) is 5.32 Å². The molecule has 0 aliphatic carbocycles. The van der Waals surface area contributed by atoms with Gasteiger partial charge in [-0.05, 0) is 36.0 Å². The van der Waals surface area contributed by atoms with E-state index in [9.17, 15) is 4.79 Å². The molecule has 2 nitrogen and oxygen atoms in total. The highest BCUT2D eigenvalue weighted by molar-refractivity contribution is 6.20. The van der Waals surface area contributed by atoms with Crippen molar-refractivity contribution >= 4 is 17.5 Å².